The monoisotopic (exact) mass is 1530 g/mol. The first-order chi connectivity index (χ1) is 51.7. The molecule has 0 saturated heterocycles. The Kier molecular flexibility index (Phi) is 74.3. The lowest BCUT2D eigenvalue weighted by Gasteiger charge is -2.21. The molecule has 0 saturated carbocycles. The summed E-state index contributed by atoms with van der Waals surface area (Å²) in [6, 6.07) is 0. The van der Waals surface area contributed by atoms with E-state index >= 15 is 0 Å². The molecular weight excluding hydrogens is 1380 g/mol. The molecule has 0 rings (SSSR count). The molecule has 606 valence electrons. The number of phosphoric ester groups is 2. The molecule has 0 aliphatic heterocycles. The molecule has 5 unspecified atom stereocenters. The van der Waals surface area contributed by atoms with Gasteiger partial charge in [0.1, 0.15) is 19.3 Å². The fourth-order valence-corrected chi connectivity index (χ4v) is 12.1. The van der Waals surface area contributed by atoms with E-state index in [1.807, 2.05) is 18.2 Å². The third kappa shape index (κ3) is 77.1. The summed E-state index contributed by atoms with van der Waals surface area (Å²) < 4.78 is 68.5. The number of esters is 4. The Hall–Kier alpha value is -5.06. The summed E-state index contributed by atoms with van der Waals surface area (Å²) in [5.41, 5.74) is 0. The number of hydrogen-bond acceptors (Lipinski definition) is 15. The Morgan fingerprint density at radius 3 is 0.868 bits per heavy atom. The maximum Gasteiger partial charge on any atom is 0.472 e. The molecule has 0 aromatic carbocycles. The van der Waals surface area contributed by atoms with Crippen LogP contribution in [0.2, 0.25) is 0 Å². The molecule has 0 aromatic heterocycles. The van der Waals surface area contributed by atoms with Crippen LogP contribution in [0, 0.1) is 0 Å². The average Bonchev–Trinajstić information content (AvgIpc) is 0.901. The number of phosphoric acid groups is 2. The van der Waals surface area contributed by atoms with Gasteiger partial charge in [0.2, 0.25) is 0 Å². The van der Waals surface area contributed by atoms with Crippen LogP contribution in [0.1, 0.15) is 323 Å². The van der Waals surface area contributed by atoms with Gasteiger partial charge < -0.3 is 33.8 Å². The van der Waals surface area contributed by atoms with Crippen molar-refractivity contribution in [2.24, 2.45) is 0 Å². The zero-order chi connectivity index (χ0) is 77.4. The summed E-state index contributed by atoms with van der Waals surface area (Å²) in [7, 11) is -10.0. The second kappa shape index (κ2) is 78.1. The van der Waals surface area contributed by atoms with Crippen LogP contribution in [-0.2, 0) is 65.4 Å². The van der Waals surface area contributed by atoms with E-state index in [-0.39, 0.29) is 25.7 Å². The van der Waals surface area contributed by atoms with E-state index in [1.165, 1.54) is 64.2 Å². The molecule has 0 amide bonds. The highest BCUT2D eigenvalue weighted by Crippen LogP contribution is 2.45. The van der Waals surface area contributed by atoms with Crippen LogP contribution in [-0.4, -0.2) is 96.7 Å². The fourth-order valence-electron chi connectivity index (χ4n) is 10.5. The Morgan fingerprint density at radius 2 is 0.528 bits per heavy atom. The van der Waals surface area contributed by atoms with Crippen molar-refractivity contribution in [2.45, 2.75) is 341 Å². The molecule has 0 heterocycles. The average molecular weight is 1530 g/mol. The summed E-state index contributed by atoms with van der Waals surface area (Å²) in [6.07, 6.45) is 89.9. The quantitative estimate of drug-likeness (QED) is 0.0169. The summed E-state index contributed by atoms with van der Waals surface area (Å²) in [5.74, 6) is -2.36. The number of aliphatic hydroxyl groups is 1. The molecule has 5 atom stereocenters. The van der Waals surface area contributed by atoms with Crippen LogP contribution in [0.5, 0.6) is 0 Å². The predicted octanol–water partition coefficient (Wildman–Crippen LogP) is 24.2. The summed E-state index contributed by atoms with van der Waals surface area (Å²) in [4.78, 5) is 73.0. The van der Waals surface area contributed by atoms with Crippen molar-refractivity contribution >= 4 is 39.5 Å². The Labute approximate surface area is 643 Å². The molecule has 0 aromatic rings. The zero-order valence-corrected chi connectivity index (χ0v) is 68.1. The standard InChI is InChI=1S/C87H146O17P2/c1-5-9-13-17-21-25-29-33-36-38-40-42-45-49-52-56-60-64-68-72-85(90)98-78-83(104-87(92)74-70-66-62-58-54-50-46-43-41-39-37-34-30-26-22-18-14-10-6-2)80-102-106(95,96)100-76-81(88)75-99-105(93,94)101-79-82(103-86(91)73-69-65-61-57-53-47-32-28-24-20-16-12-8-4)77-97-84(89)71-67-63-59-55-51-48-44-35-31-27-23-19-15-11-7-3/h11,15,21-23,25-28,32-37,40-44,51,55,63,67,81-83,88H,5-10,12-14,16-20,24,29-31,38-39,45-50,52-54,56-62,64-66,68-80H2,1-4H3,(H,93,94)(H,95,96)/b15-11-,25-21-,26-22-,27-23-,32-28-,36-33-,37-34-,42-40-,43-41-,44-35-,55-51-,67-63-. The largest absolute Gasteiger partial charge is 0.472 e. The maximum atomic E-state index is 13.1. The minimum atomic E-state index is -5.00. The van der Waals surface area contributed by atoms with Gasteiger partial charge in [0.25, 0.3) is 0 Å². The van der Waals surface area contributed by atoms with Crippen molar-refractivity contribution in [1.29, 1.82) is 0 Å². The van der Waals surface area contributed by atoms with E-state index in [0.29, 0.717) is 25.7 Å². The fraction of sp³-hybridized carbons (Fsp3) is 0.678. The second-order valence-corrected chi connectivity index (χ2v) is 29.9. The molecule has 0 bridgehead atoms. The molecular formula is C87H146O17P2. The van der Waals surface area contributed by atoms with Gasteiger partial charge in [0.05, 0.1) is 32.8 Å². The SMILES string of the molecule is CC/C=C\C/C=C\C/C=C\C/C=C\C/C=C\CC(=O)OCC(COP(=O)(O)OCC(O)COP(=O)(O)OCC(COC(=O)CCCCCCCC/C=C\C/C=C\C/C=C\CCCCC)OC(=O)CCCCCCCC/C=C\C/C=C\C/C=C\CCCCC)OC(=O)CCCCCCC/C=C\CCCCCC. The second-order valence-electron chi connectivity index (χ2n) is 27.0. The maximum absolute atomic E-state index is 13.1. The lowest BCUT2D eigenvalue weighted by atomic mass is 10.1. The summed E-state index contributed by atoms with van der Waals surface area (Å²) >= 11 is 0. The van der Waals surface area contributed by atoms with Crippen molar-refractivity contribution in [1.82, 2.24) is 0 Å². The summed E-state index contributed by atoms with van der Waals surface area (Å²) in [6.45, 7) is 4.55. The number of aliphatic hydroxyl groups excluding tert-OH is 1. The van der Waals surface area contributed by atoms with Crippen molar-refractivity contribution in [3.8, 4) is 0 Å². The summed E-state index contributed by atoms with van der Waals surface area (Å²) in [5, 5.41) is 10.6. The molecule has 0 radical (unpaired) electrons. The van der Waals surface area contributed by atoms with Crippen LogP contribution in [0.25, 0.3) is 0 Å². The first kappa shape index (κ1) is 101. The molecule has 3 N–H and O–H groups in total. The smallest absolute Gasteiger partial charge is 0.462 e. The van der Waals surface area contributed by atoms with Gasteiger partial charge in [-0.05, 0) is 154 Å². The topological polar surface area (TPSA) is 237 Å². The minimum absolute atomic E-state index is 0.0617. The van der Waals surface area contributed by atoms with Gasteiger partial charge in [0, 0.05) is 19.3 Å². The van der Waals surface area contributed by atoms with Crippen molar-refractivity contribution < 1.29 is 80.2 Å². The normalized spacial score (nSPS) is 14.6. The molecule has 0 aliphatic carbocycles. The van der Waals surface area contributed by atoms with Crippen LogP contribution >= 0.6 is 15.6 Å². The van der Waals surface area contributed by atoms with E-state index in [4.69, 9.17) is 37.0 Å². The van der Waals surface area contributed by atoms with E-state index in [9.17, 15) is 43.2 Å². The molecule has 0 spiro atoms. The number of allylic oxidation sites excluding steroid dienone is 23. The van der Waals surface area contributed by atoms with Crippen molar-refractivity contribution in [3.05, 3.63) is 146 Å². The highest BCUT2D eigenvalue weighted by atomic mass is 31.2. The van der Waals surface area contributed by atoms with Gasteiger partial charge in [0.15, 0.2) is 12.2 Å². The Bertz CT molecular complexity index is 2580. The highest BCUT2D eigenvalue weighted by Gasteiger charge is 2.30. The molecule has 106 heavy (non-hydrogen) atoms. The molecule has 19 heteroatoms. The van der Waals surface area contributed by atoms with E-state index in [2.05, 4.69) is 149 Å². The first-order valence-electron chi connectivity index (χ1n) is 41.1. The van der Waals surface area contributed by atoms with E-state index in [1.54, 1.807) is 6.08 Å². The van der Waals surface area contributed by atoms with Gasteiger partial charge in [-0.3, -0.25) is 37.3 Å². The number of unbranched alkanes of at least 4 members (excludes halogenated alkanes) is 27. The van der Waals surface area contributed by atoms with Crippen LogP contribution in [0.15, 0.2) is 146 Å². The van der Waals surface area contributed by atoms with Crippen LogP contribution in [0.4, 0.5) is 0 Å². The number of rotatable bonds is 76. The molecule has 0 aliphatic rings. The zero-order valence-electron chi connectivity index (χ0n) is 66.3. The number of carbonyl (C=O) groups is 4. The van der Waals surface area contributed by atoms with Crippen LogP contribution in [0.3, 0.4) is 0 Å². The third-order valence-corrected chi connectivity index (χ3v) is 18.7. The van der Waals surface area contributed by atoms with Gasteiger partial charge in [-0.2, -0.15) is 0 Å². The lowest BCUT2D eigenvalue weighted by molar-refractivity contribution is -0.161. The molecule has 0 fully saturated rings. The Morgan fingerprint density at radius 1 is 0.283 bits per heavy atom. The van der Waals surface area contributed by atoms with Crippen molar-refractivity contribution in [2.75, 3.05) is 39.6 Å². The molecule has 17 nitrogen and oxygen atoms in total. The number of carbonyl (C=O) groups excluding carboxylic acids is 4. The van der Waals surface area contributed by atoms with Gasteiger partial charge in [-0.15, -0.1) is 0 Å². The first-order valence-corrected chi connectivity index (χ1v) is 44.1. The van der Waals surface area contributed by atoms with Gasteiger partial charge in [-0.1, -0.05) is 289 Å². The lowest BCUT2D eigenvalue weighted by Crippen LogP contribution is -2.30. The highest BCUT2D eigenvalue weighted by molar-refractivity contribution is 7.47. The minimum Gasteiger partial charge on any atom is -0.462 e. The Balaban J connectivity index is 5.45. The van der Waals surface area contributed by atoms with Crippen LogP contribution < -0.4 is 0 Å². The van der Waals surface area contributed by atoms with E-state index < -0.39 is 97.5 Å². The van der Waals surface area contributed by atoms with Gasteiger partial charge >= 0.3 is 39.5 Å². The predicted molar refractivity (Wildman–Crippen MR) is 436 cm³/mol. The van der Waals surface area contributed by atoms with E-state index in [0.717, 1.165) is 180 Å². The number of hydrogen-bond donors (Lipinski definition) is 3. The van der Waals surface area contributed by atoms with Crippen molar-refractivity contribution in [3.63, 3.8) is 0 Å². The number of ether oxygens (including phenoxy) is 4. The third-order valence-electron chi connectivity index (χ3n) is 16.8. The van der Waals surface area contributed by atoms with Gasteiger partial charge in [-0.25, -0.2) is 9.13 Å².